The van der Waals surface area contributed by atoms with Gasteiger partial charge in [-0.3, -0.25) is 0 Å². The summed E-state index contributed by atoms with van der Waals surface area (Å²) in [5.74, 6) is 0.686. The molecule has 0 bridgehead atoms. The summed E-state index contributed by atoms with van der Waals surface area (Å²) in [7, 11) is 1.01. The van der Waals surface area contributed by atoms with Crippen LogP contribution in [0.3, 0.4) is 0 Å². The first kappa shape index (κ1) is 10.8. The highest BCUT2D eigenvalue weighted by Crippen LogP contribution is 1.78. The van der Waals surface area contributed by atoms with Crippen LogP contribution >= 0.6 is 0 Å². The van der Waals surface area contributed by atoms with Crippen molar-refractivity contribution in [1.29, 1.82) is 0 Å². The van der Waals surface area contributed by atoms with Gasteiger partial charge in [-0.15, -0.1) is 0 Å². The summed E-state index contributed by atoms with van der Waals surface area (Å²) in [5, 5.41) is 9.38. The van der Waals surface area contributed by atoms with Crippen LogP contribution in [-0.2, 0) is 10.7 Å². The van der Waals surface area contributed by atoms with Crippen molar-refractivity contribution in [2.24, 2.45) is 0 Å². The molecular formula is C6H13N3O2S. The molecule has 0 saturated heterocycles. The van der Waals surface area contributed by atoms with Gasteiger partial charge in [0.2, 0.25) is 0 Å². The molecule has 5 nitrogen and oxygen atoms in total. The van der Waals surface area contributed by atoms with Gasteiger partial charge in [0.25, 0.3) is 0 Å². The van der Waals surface area contributed by atoms with E-state index in [1.54, 1.807) is 20.3 Å². The molecule has 0 aromatic rings. The van der Waals surface area contributed by atoms with Crippen molar-refractivity contribution in [2.45, 2.75) is 0 Å². The van der Waals surface area contributed by atoms with E-state index in [-0.39, 0.29) is 0 Å². The highest BCUT2D eigenvalue weighted by Gasteiger charge is 1.84. The van der Waals surface area contributed by atoms with E-state index < -0.39 is 10.7 Å². The van der Waals surface area contributed by atoms with Crippen LogP contribution in [0, 0.1) is 0 Å². The van der Waals surface area contributed by atoms with Crippen LogP contribution in [-0.4, -0.2) is 22.5 Å². The third-order valence-electron chi connectivity index (χ3n) is 0.993. The van der Waals surface area contributed by atoms with Gasteiger partial charge in [0.15, 0.2) is 10.7 Å². The van der Waals surface area contributed by atoms with E-state index in [1.165, 1.54) is 6.20 Å². The maximum Gasteiger partial charge on any atom is 0.162 e. The lowest BCUT2D eigenvalue weighted by Gasteiger charge is -2.04. The first-order valence-electron chi connectivity index (χ1n) is 3.32. The third kappa shape index (κ3) is 5.60. The van der Waals surface area contributed by atoms with E-state index in [9.17, 15) is 8.42 Å². The van der Waals surface area contributed by atoms with E-state index in [2.05, 4.69) is 16.0 Å². The van der Waals surface area contributed by atoms with Gasteiger partial charge < -0.3 is 16.0 Å². The van der Waals surface area contributed by atoms with Gasteiger partial charge in [-0.05, 0) is 0 Å². The molecule has 0 aliphatic heterocycles. The molecule has 0 unspecified atom stereocenters. The monoisotopic (exact) mass is 191 g/mol. The average Bonchev–Trinajstić information content (AvgIpc) is 2.02. The Morgan fingerprint density at radius 1 is 1.33 bits per heavy atom. The van der Waals surface area contributed by atoms with E-state index in [1.807, 2.05) is 0 Å². The molecule has 0 radical (unpaired) electrons. The number of hydrogen-bond acceptors (Lipinski definition) is 5. The van der Waals surface area contributed by atoms with Crippen LogP contribution < -0.4 is 16.0 Å². The quantitative estimate of drug-likeness (QED) is 0.415. The second-order valence-electron chi connectivity index (χ2n) is 1.84. The summed E-state index contributed by atoms with van der Waals surface area (Å²) in [6.07, 6.45) is 3.01. The van der Waals surface area contributed by atoms with Gasteiger partial charge >= 0.3 is 0 Å². The Kier molecular flexibility index (Phi) is 5.90. The minimum atomic E-state index is -2.46. The van der Waals surface area contributed by atoms with Crippen molar-refractivity contribution >= 4 is 10.7 Å². The number of nitrogens with one attached hydrogen (secondary N) is 3. The Morgan fingerprint density at radius 2 is 2.00 bits per heavy atom. The third-order valence-corrected chi connectivity index (χ3v) is 1.39. The predicted molar refractivity (Wildman–Crippen MR) is 48.8 cm³/mol. The topological polar surface area (TPSA) is 70.2 Å². The van der Waals surface area contributed by atoms with E-state index in [4.69, 9.17) is 0 Å². The second kappa shape index (κ2) is 6.53. The number of rotatable bonds is 5. The van der Waals surface area contributed by atoms with Gasteiger partial charge in [0.1, 0.15) is 5.82 Å². The van der Waals surface area contributed by atoms with Gasteiger partial charge in [-0.2, -0.15) is 0 Å². The van der Waals surface area contributed by atoms with Crippen LogP contribution in [0.4, 0.5) is 0 Å². The van der Waals surface area contributed by atoms with Crippen molar-refractivity contribution < 1.29 is 8.42 Å². The van der Waals surface area contributed by atoms with Crippen LogP contribution in [0.5, 0.6) is 0 Å². The highest BCUT2D eigenvalue weighted by atomic mass is 32.2. The molecule has 3 N–H and O–H groups in total. The fourth-order valence-corrected chi connectivity index (χ4v) is 0.714. The lowest BCUT2D eigenvalue weighted by atomic mass is 10.7. The molecule has 0 spiro atoms. The molecule has 0 fully saturated rings. The first-order valence-corrected chi connectivity index (χ1v) is 4.57. The maximum atomic E-state index is 10.1. The Bertz CT molecular complexity index is 237. The molecule has 0 atom stereocenters. The molecule has 0 aliphatic rings. The Morgan fingerprint density at radius 3 is 2.42 bits per heavy atom. The zero-order chi connectivity index (χ0) is 9.40. The normalized spacial score (nSPS) is 12.1. The van der Waals surface area contributed by atoms with E-state index in [0.717, 1.165) is 5.41 Å². The second-order valence-corrected chi connectivity index (χ2v) is 2.71. The van der Waals surface area contributed by atoms with Crippen LogP contribution in [0.25, 0.3) is 0 Å². The Balaban J connectivity index is 3.96. The fraction of sp³-hybridized carbons (Fsp3) is 0.333. The molecule has 70 valence electrons. The van der Waals surface area contributed by atoms with Crippen LogP contribution in [0.15, 0.2) is 23.6 Å². The zero-order valence-electron chi connectivity index (χ0n) is 7.00. The lowest BCUT2D eigenvalue weighted by Crippen LogP contribution is -2.20. The molecule has 6 heteroatoms. The zero-order valence-corrected chi connectivity index (χ0v) is 7.89. The summed E-state index contributed by atoms with van der Waals surface area (Å²) in [6.45, 7) is 0. The van der Waals surface area contributed by atoms with Gasteiger partial charge in [-0.25, -0.2) is 8.42 Å². The SMILES string of the molecule is CN/C=C(\NC)N/C=C\[SH](=O)=O. The molecule has 0 amide bonds. The summed E-state index contributed by atoms with van der Waals surface area (Å²) in [4.78, 5) is 0. The molecule has 0 heterocycles. The molecule has 0 aromatic carbocycles. The Labute approximate surface area is 73.5 Å². The molecule has 0 aromatic heterocycles. The molecular weight excluding hydrogens is 178 g/mol. The summed E-state index contributed by atoms with van der Waals surface area (Å²) in [5.41, 5.74) is 0. The van der Waals surface area contributed by atoms with Crippen LogP contribution in [0.1, 0.15) is 0 Å². The molecule has 0 rings (SSSR count). The summed E-state index contributed by atoms with van der Waals surface area (Å²) in [6, 6.07) is 0. The van der Waals surface area contributed by atoms with Gasteiger partial charge in [0, 0.05) is 31.9 Å². The van der Waals surface area contributed by atoms with Crippen molar-refractivity contribution in [3.05, 3.63) is 23.6 Å². The number of thiol groups is 1. The smallest absolute Gasteiger partial charge is 0.162 e. The van der Waals surface area contributed by atoms with Crippen LogP contribution in [0.2, 0.25) is 0 Å². The fourth-order valence-electron chi connectivity index (χ4n) is 0.518. The molecule has 12 heavy (non-hydrogen) atoms. The predicted octanol–water partition coefficient (Wildman–Crippen LogP) is -1.10. The van der Waals surface area contributed by atoms with E-state index >= 15 is 0 Å². The van der Waals surface area contributed by atoms with Gasteiger partial charge in [0.05, 0.1) is 0 Å². The van der Waals surface area contributed by atoms with Crippen molar-refractivity contribution in [3.63, 3.8) is 0 Å². The highest BCUT2D eigenvalue weighted by molar-refractivity contribution is 7.75. The van der Waals surface area contributed by atoms with Gasteiger partial charge in [-0.1, -0.05) is 0 Å². The Hall–Kier alpha value is -1.17. The first-order chi connectivity index (χ1) is 5.70. The number of hydrogen-bond donors (Lipinski definition) is 4. The minimum absolute atomic E-state index is 0.686. The maximum absolute atomic E-state index is 10.1. The van der Waals surface area contributed by atoms with E-state index in [0.29, 0.717) is 5.82 Å². The summed E-state index contributed by atoms with van der Waals surface area (Å²) < 4.78 is 20.2. The van der Waals surface area contributed by atoms with Crippen molar-refractivity contribution in [1.82, 2.24) is 16.0 Å². The largest absolute Gasteiger partial charge is 0.391 e. The molecule has 0 aliphatic carbocycles. The summed E-state index contributed by atoms with van der Waals surface area (Å²) >= 11 is 0. The lowest BCUT2D eigenvalue weighted by molar-refractivity contribution is 0.621. The van der Waals surface area contributed by atoms with Crippen molar-refractivity contribution in [3.8, 4) is 0 Å². The minimum Gasteiger partial charge on any atom is -0.391 e. The van der Waals surface area contributed by atoms with Crippen molar-refractivity contribution in [2.75, 3.05) is 14.1 Å². The molecule has 0 saturated carbocycles. The standard InChI is InChI=1S/C6H13N3O2S/c1-7-5-6(8-2)9-3-4-12(10)11/h3-5,7-9,12H,1-2H3/b4-3-,6-5+. The average molecular weight is 191 g/mol.